The molecule has 0 radical (unpaired) electrons. The second-order valence-corrected chi connectivity index (χ2v) is 8.85. The Morgan fingerprint density at radius 2 is 2.03 bits per heavy atom. The van der Waals surface area contributed by atoms with E-state index in [2.05, 4.69) is 30.0 Å². The van der Waals surface area contributed by atoms with Gasteiger partial charge in [0.25, 0.3) is 5.91 Å². The first-order chi connectivity index (χ1) is 17.1. The number of aromatic nitrogens is 4. The van der Waals surface area contributed by atoms with Crippen molar-refractivity contribution in [2.24, 2.45) is 0 Å². The fraction of sp³-hybridized carbons (Fsp3) is 0.409. The van der Waals surface area contributed by atoms with Crippen LogP contribution in [0.5, 0.6) is 5.88 Å². The summed E-state index contributed by atoms with van der Waals surface area (Å²) in [6.45, 7) is 5.46. The van der Waals surface area contributed by atoms with Crippen LogP contribution in [-0.2, 0) is 6.18 Å². The van der Waals surface area contributed by atoms with Gasteiger partial charge in [-0.05, 0) is 37.5 Å². The molecule has 14 heteroatoms. The fourth-order valence-corrected chi connectivity index (χ4v) is 4.42. The highest BCUT2D eigenvalue weighted by Gasteiger charge is 2.33. The normalized spacial score (nSPS) is 18.6. The van der Waals surface area contributed by atoms with E-state index in [1.54, 1.807) is 19.1 Å². The molecule has 0 spiro atoms. The Labute approximate surface area is 208 Å². The summed E-state index contributed by atoms with van der Waals surface area (Å²) < 4.78 is 62.3. The number of halogens is 4. The summed E-state index contributed by atoms with van der Waals surface area (Å²) in [5.41, 5.74) is -0.138. The molecular formula is C22H23F4N7O2S. The summed E-state index contributed by atoms with van der Waals surface area (Å²) in [6.07, 6.45) is -2.83. The highest BCUT2D eigenvalue weighted by atomic mass is 32.1. The van der Waals surface area contributed by atoms with Gasteiger partial charge in [0, 0.05) is 19.2 Å². The third-order valence-corrected chi connectivity index (χ3v) is 6.41. The first-order valence-corrected chi connectivity index (χ1v) is 11.8. The number of nitrogens with one attached hydrogen (secondary N) is 2. The van der Waals surface area contributed by atoms with E-state index in [1.807, 2.05) is 11.8 Å². The van der Waals surface area contributed by atoms with E-state index in [9.17, 15) is 22.4 Å². The van der Waals surface area contributed by atoms with Crippen LogP contribution in [0.3, 0.4) is 0 Å². The van der Waals surface area contributed by atoms with Crippen molar-refractivity contribution >= 4 is 33.9 Å². The van der Waals surface area contributed by atoms with Gasteiger partial charge in [0.1, 0.15) is 23.1 Å². The Hall–Kier alpha value is -3.39. The van der Waals surface area contributed by atoms with E-state index in [0.717, 1.165) is 30.8 Å². The summed E-state index contributed by atoms with van der Waals surface area (Å²) in [5.74, 6) is -0.225. The summed E-state index contributed by atoms with van der Waals surface area (Å²) in [6, 6.07) is 3.13. The molecule has 1 saturated heterocycles. The van der Waals surface area contributed by atoms with Crippen LogP contribution in [0.15, 0.2) is 30.7 Å². The van der Waals surface area contributed by atoms with E-state index < -0.39 is 30.1 Å². The molecule has 0 unspecified atom stereocenters. The molecule has 9 nitrogen and oxygen atoms in total. The minimum atomic E-state index is -4.60. The molecule has 0 saturated carbocycles. The molecule has 4 rings (SSSR count). The van der Waals surface area contributed by atoms with Crippen molar-refractivity contribution in [2.45, 2.75) is 38.7 Å². The zero-order chi connectivity index (χ0) is 25.9. The average molecular weight is 526 g/mol. The Bertz CT molecular complexity index is 1190. The number of carbonyl (C=O) groups excluding carboxylic acids is 1. The van der Waals surface area contributed by atoms with E-state index in [1.165, 1.54) is 6.20 Å². The van der Waals surface area contributed by atoms with Crippen LogP contribution >= 0.6 is 11.5 Å². The van der Waals surface area contributed by atoms with Gasteiger partial charge < -0.3 is 20.3 Å². The van der Waals surface area contributed by atoms with Crippen LogP contribution in [0.4, 0.5) is 34.1 Å². The first-order valence-electron chi connectivity index (χ1n) is 11.1. The van der Waals surface area contributed by atoms with Crippen molar-refractivity contribution < 1.29 is 27.1 Å². The first kappa shape index (κ1) is 25.7. The van der Waals surface area contributed by atoms with E-state index >= 15 is 0 Å². The molecule has 2 atom stereocenters. The Kier molecular flexibility index (Phi) is 7.64. The van der Waals surface area contributed by atoms with Gasteiger partial charge in [-0.25, -0.2) is 19.3 Å². The Morgan fingerprint density at radius 3 is 2.64 bits per heavy atom. The minimum Gasteiger partial charge on any atom is -0.471 e. The van der Waals surface area contributed by atoms with Crippen molar-refractivity contribution in [3.63, 3.8) is 0 Å². The lowest BCUT2D eigenvalue weighted by atomic mass is 10.1. The standard InChI is InChI=1S/C22H23F4N7O2S/c1-3-33-7-6-15(14(23)11-33)35-18-5-4-13(8-29-18)30-20(34)19-12(2)32-36-21(19)31-17-10-27-16(9-28-17)22(24,25)26/h4-5,8-10,14-15H,3,6-7,11H2,1-2H3,(H,28,31)(H,30,34)/t14-,15-/m1/s1. The smallest absolute Gasteiger partial charge is 0.434 e. The lowest BCUT2D eigenvalue weighted by Gasteiger charge is -2.33. The van der Waals surface area contributed by atoms with Gasteiger partial charge in [0.2, 0.25) is 5.88 Å². The number of alkyl halides is 4. The molecule has 36 heavy (non-hydrogen) atoms. The Morgan fingerprint density at radius 1 is 1.22 bits per heavy atom. The maximum Gasteiger partial charge on any atom is 0.434 e. The number of carbonyl (C=O) groups is 1. The maximum atomic E-state index is 14.4. The number of aryl methyl sites for hydroxylation is 1. The van der Waals surface area contributed by atoms with Crippen LogP contribution in [-0.4, -0.2) is 62.0 Å². The quantitative estimate of drug-likeness (QED) is 0.436. The molecular weight excluding hydrogens is 502 g/mol. The van der Waals surface area contributed by atoms with Crippen molar-refractivity contribution in [3.05, 3.63) is 47.7 Å². The van der Waals surface area contributed by atoms with Gasteiger partial charge in [-0.15, -0.1) is 0 Å². The number of amides is 1. The number of pyridine rings is 1. The third kappa shape index (κ3) is 6.05. The molecule has 192 valence electrons. The van der Waals surface area contributed by atoms with Gasteiger partial charge in [0.15, 0.2) is 5.69 Å². The highest BCUT2D eigenvalue weighted by Crippen LogP contribution is 2.30. The molecule has 0 aromatic carbocycles. The lowest BCUT2D eigenvalue weighted by molar-refractivity contribution is -0.141. The van der Waals surface area contributed by atoms with Crippen LogP contribution in [0.25, 0.3) is 0 Å². The number of hydrogen-bond acceptors (Lipinski definition) is 9. The number of anilines is 3. The van der Waals surface area contributed by atoms with Crippen LogP contribution in [0, 0.1) is 6.92 Å². The number of nitrogens with zero attached hydrogens (tertiary/aromatic N) is 5. The van der Waals surface area contributed by atoms with Crippen LogP contribution in [0.1, 0.15) is 35.1 Å². The summed E-state index contributed by atoms with van der Waals surface area (Å²) in [4.78, 5) is 26.2. The van der Waals surface area contributed by atoms with Crippen molar-refractivity contribution in [1.29, 1.82) is 0 Å². The molecule has 3 aromatic rings. The molecule has 1 amide bonds. The van der Waals surface area contributed by atoms with Gasteiger partial charge in [-0.1, -0.05) is 6.92 Å². The third-order valence-electron chi connectivity index (χ3n) is 5.55. The van der Waals surface area contributed by atoms with Gasteiger partial charge in [-0.3, -0.25) is 4.79 Å². The van der Waals surface area contributed by atoms with E-state index in [4.69, 9.17) is 4.74 Å². The second-order valence-electron chi connectivity index (χ2n) is 8.08. The van der Waals surface area contributed by atoms with Gasteiger partial charge in [-0.2, -0.15) is 17.5 Å². The SMILES string of the molecule is CCN1CC[C@@H](Oc2ccc(NC(=O)c3c(C)nsc3Nc3cnc(C(F)(F)F)cn3)cn2)[C@H](F)C1. The number of rotatable bonds is 7. The molecule has 0 aliphatic carbocycles. The zero-order valence-electron chi connectivity index (χ0n) is 19.3. The Balaban J connectivity index is 1.39. The molecule has 1 aliphatic heterocycles. The number of ether oxygens (including phenoxy) is 1. The molecule has 0 bridgehead atoms. The predicted molar refractivity (Wildman–Crippen MR) is 125 cm³/mol. The number of hydrogen-bond donors (Lipinski definition) is 2. The van der Waals surface area contributed by atoms with Gasteiger partial charge in [0.05, 0.1) is 35.5 Å². The van der Waals surface area contributed by atoms with Gasteiger partial charge >= 0.3 is 6.18 Å². The topological polar surface area (TPSA) is 105 Å². The summed E-state index contributed by atoms with van der Waals surface area (Å²) in [7, 11) is 0. The molecule has 3 aromatic heterocycles. The van der Waals surface area contributed by atoms with Crippen molar-refractivity contribution in [1.82, 2.24) is 24.2 Å². The fourth-order valence-electron chi connectivity index (χ4n) is 3.62. The summed E-state index contributed by atoms with van der Waals surface area (Å²) >= 11 is 0.957. The van der Waals surface area contributed by atoms with E-state index in [0.29, 0.717) is 35.5 Å². The number of likely N-dealkylation sites (tertiary alicyclic amines) is 1. The monoisotopic (exact) mass is 525 g/mol. The lowest BCUT2D eigenvalue weighted by Crippen LogP contribution is -2.46. The van der Waals surface area contributed by atoms with Crippen molar-refractivity contribution in [3.8, 4) is 5.88 Å². The molecule has 2 N–H and O–H groups in total. The molecule has 1 fully saturated rings. The zero-order valence-corrected chi connectivity index (χ0v) is 20.2. The summed E-state index contributed by atoms with van der Waals surface area (Å²) in [5, 5.41) is 5.77. The second kappa shape index (κ2) is 10.7. The largest absolute Gasteiger partial charge is 0.471 e. The number of piperidine rings is 1. The minimum absolute atomic E-state index is 0.0276. The van der Waals surface area contributed by atoms with Crippen LogP contribution in [0.2, 0.25) is 0 Å². The molecule has 4 heterocycles. The predicted octanol–water partition coefficient (Wildman–Crippen LogP) is 4.46. The maximum absolute atomic E-state index is 14.4. The van der Waals surface area contributed by atoms with Crippen LogP contribution < -0.4 is 15.4 Å². The highest BCUT2D eigenvalue weighted by molar-refractivity contribution is 7.10. The average Bonchev–Trinajstić information content (AvgIpc) is 3.21. The van der Waals surface area contributed by atoms with E-state index in [-0.39, 0.29) is 17.3 Å². The van der Waals surface area contributed by atoms with Crippen molar-refractivity contribution in [2.75, 3.05) is 30.3 Å². The molecule has 1 aliphatic rings.